The van der Waals surface area contributed by atoms with Gasteiger partial charge in [0.25, 0.3) is 0 Å². The number of ether oxygens (including phenoxy) is 2. The molecule has 380 valence electrons. The van der Waals surface area contributed by atoms with Crippen LogP contribution in [0.2, 0.25) is 0 Å². The van der Waals surface area contributed by atoms with Gasteiger partial charge in [0, 0.05) is 34.4 Å². The molecule has 0 aromatic heterocycles. The lowest BCUT2D eigenvalue weighted by Gasteiger charge is -2.64. The highest BCUT2D eigenvalue weighted by atomic mass is 16.7. The molecule has 1 saturated heterocycles. The highest BCUT2D eigenvalue weighted by molar-refractivity contribution is 6.13. The number of hydrogen-bond acceptors (Lipinski definition) is 6. The molecule has 0 aromatic carbocycles. The first kappa shape index (κ1) is 62.6. The van der Waals surface area contributed by atoms with Crippen molar-refractivity contribution < 1.29 is 19.1 Å². The van der Waals surface area contributed by atoms with Crippen LogP contribution >= 0.6 is 0 Å². The number of urea groups is 1. The summed E-state index contributed by atoms with van der Waals surface area (Å²) in [6.45, 7) is 56.8. The number of cyclic esters (lactones) is 1. The van der Waals surface area contributed by atoms with Crippen molar-refractivity contribution in [2.75, 3.05) is 6.61 Å². The maximum Gasteiger partial charge on any atom is 0.508 e. The zero-order valence-corrected chi connectivity index (χ0v) is 43.8. The second-order valence-corrected chi connectivity index (χ2v) is 28.0. The quantitative estimate of drug-likeness (QED) is 0.226. The molecule has 8 nitrogen and oxygen atoms in total. The van der Waals surface area contributed by atoms with Crippen LogP contribution in [0.3, 0.4) is 0 Å². The summed E-state index contributed by atoms with van der Waals surface area (Å²) in [6.07, 6.45) is 9.80. The molecule has 6 rings (SSSR count). The molecule has 0 spiro atoms. The molecule has 3 aliphatic heterocycles. The number of nitrogens with zero attached hydrogens (tertiary/aromatic N) is 4. The van der Waals surface area contributed by atoms with Gasteiger partial charge in [0.2, 0.25) is 0 Å². The van der Waals surface area contributed by atoms with Crippen molar-refractivity contribution >= 4 is 36.0 Å². The number of fused-ring (bicyclic) bond motifs is 3. The van der Waals surface area contributed by atoms with E-state index in [1.807, 2.05) is 6.21 Å². The molecule has 0 N–H and O–H groups in total. The Morgan fingerprint density at radius 2 is 0.923 bits per heavy atom. The molecule has 0 radical (unpaired) electrons. The third-order valence-corrected chi connectivity index (χ3v) is 18.1. The Bertz CT molecular complexity index is 1800. The third kappa shape index (κ3) is 10.9. The standard InChI is InChI=1S/C18H30N2O.C18H32O3.C17H30N2.4CH4/c1-15(2,3)13-17(7)11-19-14(21)20-12(17)9-10-18(13,8)16(4,5)6;1-15(2,3)13-17(7)11-20-14(19)21-12(17)9-10-18(13,8)16(4,5)6;1-14(2,3)13-16(7)11-18-19-12(16)9-10-17(13,8)15(4,5)6;;;;/h11,13H,9-10H2,1-8H3;12-13H,9-11H2,1-8H3;11,13H,9-10H2,1-8H3;4*1H4. The number of aliphatic imine (C=N–C) groups is 2. The second kappa shape index (κ2) is 19.2. The first-order chi connectivity index (χ1) is 27.1. The lowest BCUT2D eigenvalue weighted by Crippen LogP contribution is -2.63. The molecular weight excluding hydrogens is 805 g/mol. The summed E-state index contributed by atoms with van der Waals surface area (Å²) < 4.78 is 10.9. The Hall–Kier alpha value is -2.38. The van der Waals surface area contributed by atoms with Gasteiger partial charge in [-0.2, -0.15) is 10.2 Å². The molecular formula is C57H108N4O4. The van der Waals surface area contributed by atoms with Crippen LogP contribution in [0.15, 0.2) is 20.2 Å². The summed E-state index contributed by atoms with van der Waals surface area (Å²) in [4.78, 5) is 31.4. The van der Waals surface area contributed by atoms with Crippen molar-refractivity contribution in [1.82, 2.24) is 0 Å². The lowest BCUT2D eigenvalue weighted by molar-refractivity contribution is -0.223. The summed E-state index contributed by atoms with van der Waals surface area (Å²) in [6, 6.07) is -0.338. The van der Waals surface area contributed by atoms with E-state index in [9.17, 15) is 9.59 Å². The van der Waals surface area contributed by atoms with E-state index in [2.05, 4.69) is 193 Å². The molecule has 8 heteroatoms. The highest BCUT2D eigenvalue weighted by Gasteiger charge is 2.65. The molecule has 0 aromatic rings. The molecule has 0 bridgehead atoms. The van der Waals surface area contributed by atoms with E-state index in [-0.39, 0.29) is 101 Å². The molecule has 3 aliphatic carbocycles. The van der Waals surface area contributed by atoms with Crippen molar-refractivity contribution in [3.63, 3.8) is 0 Å². The van der Waals surface area contributed by atoms with Gasteiger partial charge in [0.15, 0.2) is 0 Å². The van der Waals surface area contributed by atoms with Crippen molar-refractivity contribution in [1.29, 1.82) is 0 Å². The van der Waals surface area contributed by atoms with E-state index in [0.717, 1.165) is 37.8 Å². The van der Waals surface area contributed by atoms with E-state index in [1.54, 1.807) is 0 Å². The summed E-state index contributed by atoms with van der Waals surface area (Å²) in [5.41, 5.74) is 3.85. The topological polar surface area (TPSA) is 102 Å². The Morgan fingerprint density at radius 1 is 0.538 bits per heavy atom. The fourth-order valence-corrected chi connectivity index (χ4v) is 15.1. The van der Waals surface area contributed by atoms with E-state index < -0.39 is 6.16 Å². The average Bonchev–Trinajstić information content (AvgIpc) is 3.43. The maximum atomic E-state index is 11.6. The van der Waals surface area contributed by atoms with Crippen LogP contribution in [0.5, 0.6) is 0 Å². The van der Waals surface area contributed by atoms with Gasteiger partial charge in [-0.3, -0.25) is 0 Å². The Labute approximate surface area is 403 Å². The van der Waals surface area contributed by atoms with Gasteiger partial charge in [-0.05, 0) is 119 Å². The van der Waals surface area contributed by atoms with Gasteiger partial charge in [-0.15, -0.1) is 0 Å². The maximum absolute atomic E-state index is 11.6. The van der Waals surface area contributed by atoms with Crippen molar-refractivity contribution in [3.05, 3.63) is 0 Å². The van der Waals surface area contributed by atoms with E-state index in [1.165, 1.54) is 12.1 Å². The van der Waals surface area contributed by atoms with Gasteiger partial charge in [0.05, 0.1) is 5.71 Å². The average molecular weight is 914 g/mol. The summed E-state index contributed by atoms with van der Waals surface area (Å²) in [7, 11) is 0. The Balaban J connectivity index is 0.000000918. The first-order valence-corrected chi connectivity index (χ1v) is 23.7. The van der Waals surface area contributed by atoms with Gasteiger partial charge >= 0.3 is 12.2 Å². The SMILES string of the molecule is C.C.C.C.CC(C)(C)C1C2(C)C=NC(=O)N=C2CCC1(C)C(C)(C)C.CC(C)(C)C1C2(C)C=NN=C2CCC1(C)C(C)(C)C.CC(C)(C)C1C2(C)COC(=O)OC2CCC1(C)C(C)(C)C. The normalized spacial score (nSPS) is 36.7. The highest BCUT2D eigenvalue weighted by Crippen LogP contribution is 2.67. The van der Waals surface area contributed by atoms with E-state index >= 15 is 0 Å². The fraction of sp³-hybridized carbons (Fsp3) is 0.895. The van der Waals surface area contributed by atoms with Crippen LogP contribution in [0.25, 0.3) is 0 Å². The minimum absolute atomic E-state index is 0. The molecule has 4 fully saturated rings. The van der Waals surface area contributed by atoms with Crippen molar-refractivity contribution in [2.45, 2.75) is 241 Å². The number of amides is 2. The minimum Gasteiger partial charge on any atom is -0.434 e. The summed E-state index contributed by atoms with van der Waals surface area (Å²) in [5, 5.41) is 8.70. The van der Waals surface area contributed by atoms with E-state index in [0.29, 0.717) is 29.8 Å². The first-order valence-electron chi connectivity index (χ1n) is 23.7. The van der Waals surface area contributed by atoms with E-state index in [4.69, 9.17) is 9.47 Å². The summed E-state index contributed by atoms with van der Waals surface area (Å²) in [5.74, 6) is 1.37. The smallest absolute Gasteiger partial charge is 0.434 e. The molecule has 3 heterocycles. The van der Waals surface area contributed by atoms with Crippen molar-refractivity contribution in [2.24, 2.45) is 103 Å². The fourth-order valence-electron chi connectivity index (χ4n) is 15.1. The van der Waals surface area contributed by atoms with Crippen molar-refractivity contribution in [3.8, 4) is 0 Å². The monoisotopic (exact) mass is 913 g/mol. The Kier molecular flexibility index (Phi) is 18.5. The minimum atomic E-state index is -0.496. The number of carbonyl (C=O) groups is 2. The largest absolute Gasteiger partial charge is 0.508 e. The molecule has 3 saturated carbocycles. The molecule has 6 aliphatic rings. The molecule has 10 unspecified atom stereocenters. The van der Waals surface area contributed by atoms with Gasteiger partial charge in [0.1, 0.15) is 12.7 Å². The Morgan fingerprint density at radius 3 is 1.32 bits per heavy atom. The number of rotatable bonds is 0. The van der Waals surface area contributed by atoms with Crippen LogP contribution in [-0.2, 0) is 9.47 Å². The van der Waals surface area contributed by atoms with Gasteiger partial charge in [-0.25, -0.2) is 19.6 Å². The van der Waals surface area contributed by atoms with Crippen LogP contribution < -0.4 is 0 Å². The second-order valence-electron chi connectivity index (χ2n) is 28.0. The predicted molar refractivity (Wildman–Crippen MR) is 284 cm³/mol. The summed E-state index contributed by atoms with van der Waals surface area (Å²) >= 11 is 0. The predicted octanol–water partition coefficient (Wildman–Crippen LogP) is 17.7. The molecule has 10 atom stereocenters. The van der Waals surface area contributed by atoms with Crippen LogP contribution in [-0.4, -0.2) is 48.7 Å². The molecule has 65 heavy (non-hydrogen) atoms. The van der Waals surface area contributed by atoms with Gasteiger partial charge < -0.3 is 9.47 Å². The third-order valence-electron chi connectivity index (χ3n) is 18.1. The number of hydrogen-bond donors (Lipinski definition) is 0. The van der Waals surface area contributed by atoms with Crippen LogP contribution in [0.4, 0.5) is 9.59 Å². The zero-order valence-electron chi connectivity index (χ0n) is 43.8. The number of carbonyl (C=O) groups excluding carboxylic acids is 2. The van der Waals surface area contributed by atoms with Gasteiger partial charge in [-0.1, -0.05) is 182 Å². The lowest BCUT2D eigenvalue weighted by atomic mass is 9.42. The molecule has 2 amide bonds. The van der Waals surface area contributed by atoms with Crippen LogP contribution in [0.1, 0.15) is 234 Å². The van der Waals surface area contributed by atoms with Crippen LogP contribution in [0, 0.1) is 82.7 Å². The zero-order chi connectivity index (χ0) is 47.2.